The van der Waals surface area contributed by atoms with Crippen LogP contribution >= 0.6 is 23.4 Å². The summed E-state index contributed by atoms with van der Waals surface area (Å²) in [6.07, 6.45) is 4.08. The molecule has 9 heteroatoms. The van der Waals surface area contributed by atoms with Crippen LogP contribution in [0.4, 0.5) is 14.5 Å². The van der Waals surface area contributed by atoms with Crippen LogP contribution in [-0.4, -0.2) is 19.9 Å². The summed E-state index contributed by atoms with van der Waals surface area (Å²) in [6.45, 7) is 1.88. The van der Waals surface area contributed by atoms with Crippen molar-refractivity contribution in [2.75, 3.05) is 10.5 Å². The topological polar surface area (TPSA) is 57.8 Å². The van der Waals surface area contributed by atoms with Gasteiger partial charge in [0, 0.05) is 39.0 Å². The highest BCUT2D eigenvalue weighted by molar-refractivity contribution is 7.99. The minimum Gasteiger partial charge on any atom is -0.345 e. The molecule has 1 atom stereocenters. The molecule has 0 aliphatic rings. The molecule has 0 radical (unpaired) electrons. The fourth-order valence-corrected chi connectivity index (χ4v) is 5.01. The summed E-state index contributed by atoms with van der Waals surface area (Å²) >= 11 is 6.92. The van der Waals surface area contributed by atoms with Crippen molar-refractivity contribution in [3.8, 4) is 11.1 Å². The molecule has 4 rings (SSSR count). The van der Waals surface area contributed by atoms with Crippen LogP contribution < -0.4 is 4.72 Å². The first-order valence-corrected chi connectivity index (χ1v) is 12.0. The van der Waals surface area contributed by atoms with Gasteiger partial charge in [0.15, 0.2) is 5.82 Å². The van der Waals surface area contributed by atoms with Crippen LogP contribution in [0, 0.1) is 11.6 Å². The van der Waals surface area contributed by atoms with E-state index in [0.29, 0.717) is 27.7 Å². The molecule has 4 nitrogen and oxygen atoms in total. The molecule has 0 saturated carbocycles. The molecule has 2 N–H and O–H groups in total. The number of aromatic amines is 1. The highest BCUT2D eigenvalue weighted by atomic mass is 35.5. The summed E-state index contributed by atoms with van der Waals surface area (Å²) in [4.78, 5) is 7.92. The normalized spacial score (nSPS) is 12.3. The van der Waals surface area contributed by atoms with E-state index in [9.17, 15) is 8.60 Å². The van der Waals surface area contributed by atoms with E-state index in [-0.39, 0.29) is 10.6 Å². The van der Waals surface area contributed by atoms with Crippen molar-refractivity contribution in [2.45, 2.75) is 23.1 Å². The van der Waals surface area contributed by atoms with Crippen LogP contribution in [0.3, 0.4) is 0 Å². The second kappa shape index (κ2) is 9.38. The Kier molecular flexibility index (Phi) is 6.60. The molecule has 0 saturated heterocycles. The van der Waals surface area contributed by atoms with Gasteiger partial charge in [-0.2, -0.15) is 0 Å². The lowest BCUT2D eigenvalue weighted by Gasteiger charge is -2.11. The predicted octanol–water partition coefficient (Wildman–Crippen LogP) is 6.80. The van der Waals surface area contributed by atoms with Gasteiger partial charge in [-0.1, -0.05) is 42.4 Å². The standard InChI is InChI=1S/C22H18ClF2N3OS2/c1-2-9-31(29)28-18-8-7-17(24)21(20(18)25)30-19-12-27-22-16(19)10-14(11-26-22)13-3-5-15(23)6-4-13/h3-8,10-12,28H,2,9H2,1H3,(H,26,27). The van der Waals surface area contributed by atoms with Crippen LogP contribution in [0.5, 0.6) is 0 Å². The summed E-state index contributed by atoms with van der Waals surface area (Å²) < 4.78 is 44.1. The van der Waals surface area contributed by atoms with Crippen molar-refractivity contribution in [3.05, 3.63) is 71.5 Å². The van der Waals surface area contributed by atoms with Crippen LogP contribution in [-0.2, 0) is 11.0 Å². The maximum absolute atomic E-state index is 15.0. The van der Waals surface area contributed by atoms with Crippen LogP contribution in [0.25, 0.3) is 22.2 Å². The second-order valence-corrected chi connectivity index (χ2v) is 9.56. The third kappa shape index (κ3) is 4.76. The zero-order valence-corrected chi connectivity index (χ0v) is 18.8. The van der Waals surface area contributed by atoms with E-state index < -0.39 is 22.6 Å². The maximum Gasteiger partial charge on any atom is 0.164 e. The zero-order valence-electron chi connectivity index (χ0n) is 16.4. The molecule has 0 amide bonds. The van der Waals surface area contributed by atoms with Crippen molar-refractivity contribution >= 4 is 51.1 Å². The molecule has 0 fully saturated rings. The minimum absolute atomic E-state index is 0.00972. The number of hydrogen-bond donors (Lipinski definition) is 2. The molecule has 2 aromatic heterocycles. The van der Waals surface area contributed by atoms with E-state index in [4.69, 9.17) is 11.6 Å². The molecule has 31 heavy (non-hydrogen) atoms. The average molecular weight is 478 g/mol. The quantitative estimate of drug-likeness (QED) is 0.308. The Labute approximate surface area is 190 Å². The van der Waals surface area contributed by atoms with Gasteiger partial charge in [-0.05, 0) is 42.3 Å². The van der Waals surface area contributed by atoms with Crippen molar-refractivity contribution in [1.29, 1.82) is 0 Å². The number of fused-ring (bicyclic) bond motifs is 1. The van der Waals surface area contributed by atoms with Gasteiger partial charge in [-0.15, -0.1) is 0 Å². The fourth-order valence-electron chi connectivity index (χ4n) is 3.04. The average Bonchev–Trinajstić information content (AvgIpc) is 3.16. The van der Waals surface area contributed by atoms with Gasteiger partial charge in [0.05, 0.1) is 10.6 Å². The number of H-pyrrole nitrogens is 1. The SMILES string of the molecule is CCCS(=O)Nc1ccc(F)c(Sc2c[nH]c3ncc(-c4ccc(Cl)cc4)cc23)c1F. The van der Waals surface area contributed by atoms with E-state index in [2.05, 4.69) is 14.7 Å². The molecule has 0 spiro atoms. The monoisotopic (exact) mass is 477 g/mol. The Morgan fingerprint density at radius 2 is 1.94 bits per heavy atom. The number of benzene rings is 2. The highest BCUT2D eigenvalue weighted by Gasteiger charge is 2.18. The van der Waals surface area contributed by atoms with Crippen molar-refractivity contribution in [1.82, 2.24) is 9.97 Å². The molecule has 0 bridgehead atoms. The number of aromatic nitrogens is 2. The lowest BCUT2D eigenvalue weighted by Crippen LogP contribution is -2.09. The largest absolute Gasteiger partial charge is 0.345 e. The number of rotatable bonds is 7. The van der Waals surface area contributed by atoms with Gasteiger partial charge in [0.1, 0.15) is 22.5 Å². The Morgan fingerprint density at radius 3 is 2.68 bits per heavy atom. The smallest absolute Gasteiger partial charge is 0.164 e. The van der Waals surface area contributed by atoms with Crippen LogP contribution in [0.2, 0.25) is 5.02 Å². The molecular weight excluding hydrogens is 460 g/mol. The van der Waals surface area contributed by atoms with Gasteiger partial charge >= 0.3 is 0 Å². The number of nitrogens with one attached hydrogen (secondary N) is 2. The van der Waals surface area contributed by atoms with E-state index in [1.54, 1.807) is 24.5 Å². The van der Waals surface area contributed by atoms with E-state index in [1.165, 1.54) is 12.1 Å². The second-order valence-electron chi connectivity index (χ2n) is 6.77. The first-order chi connectivity index (χ1) is 15.0. The molecule has 0 aliphatic carbocycles. The molecule has 160 valence electrons. The summed E-state index contributed by atoms with van der Waals surface area (Å²) in [5.74, 6) is -1.09. The minimum atomic E-state index is -1.43. The van der Waals surface area contributed by atoms with Crippen molar-refractivity contribution in [2.24, 2.45) is 0 Å². The maximum atomic E-state index is 15.0. The molecule has 2 aromatic carbocycles. The fraction of sp³-hybridized carbons (Fsp3) is 0.136. The Bertz CT molecular complexity index is 1260. The summed E-state index contributed by atoms with van der Waals surface area (Å²) in [5.41, 5.74) is 2.41. The number of nitrogens with zero attached hydrogens (tertiary/aromatic N) is 1. The third-order valence-corrected chi connectivity index (χ3v) is 7.16. The van der Waals surface area contributed by atoms with Gasteiger partial charge in [-0.25, -0.2) is 18.0 Å². The van der Waals surface area contributed by atoms with Gasteiger partial charge in [0.25, 0.3) is 0 Å². The van der Waals surface area contributed by atoms with Crippen molar-refractivity contribution in [3.63, 3.8) is 0 Å². The molecular formula is C22H18ClF2N3OS2. The van der Waals surface area contributed by atoms with Crippen LogP contribution in [0.1, 0.15) is 13.3 Å². The highest BCUT2D eigenvalue weighted by Crippen LogP contribution is 2.39. The first-order valence-electron chi connectivity index (χ1n) is 9.50. The number of pyridine rings is 1. The molecule has 2 heterocycles. The van der Waals surface area contributed by atoms with Gasteiger partial charge in [0.2, 0.25) is 0 Å². The summed E-state index contributed by atoms with van der Waals surface area (Å²) in [6, 6.07) is 11.7. The number of halogens is 3. The predicted molar refractivity (Wildman–Crippen MR) is 124 cm³/mol. The Morgan fingerprint density at radius 1 is 1.16 bits per heavy atom. The summed E-state index contributed by atoms with van der Waals surface area (Å²) in [5, 5.41) is 1.37. The third-order valence-electron chi connectivity index (χ3n) is 4.55. The zero-order chi connectivity index (χ0) is 22.0. The summed E-state index contributed by atoms with van der Waals surface area (Å²) in [7, 11) is -1.43. The number of hydrogen-bond acceptors (Lipinski definition) is 3. The lowest BCUT2D eigenvalue weighted by atomic mass is 10.1. The molecule has 1 unspecified atom stereocenters. The van der Waals surface area contributed by atoms with Crippen LogP contribution in [0.15, 0.2) is 64.6 Å². The molecule has 0 aliphatic heterocycles. The van der Waals surface area contributed by atoms with E-state index >= 15 is 4.39 Å². The lowest BCUT2D eigenvalue weighted by molar-refractivity contribution is 0.543. The van der Waals surface area contributed by atoms with E-state index in [1.807, 2.05) is 25.1 Å². The first kappa shape index (κ1) is 21.8. The van der Waals surface area contributed by atoms with E-state index in [0.717, 1.165) is 28.3 Å². The Balaban J connectivity index is 1.69. The van der Waals surface area contributed by atoms with Crippen molar-refractivity contribution < 1.29 is 13.0 Å². The van der Waals surface area contributed by atoms with Gasteiger partial charge in [-0.3, -0.25) is 0 Å². The Hall–Kier alpha value is -2.42. The van der Waals surface area contributed by atoms with Gasteiger partial charge < -0.3 is 9.71 Å². The number of anilines is 1. The molecule has 4 aromatic rings.